The molecule has 4 aromatic rings. The monoisotopic (exact) mass is 797 g/mol. The Hall–Kier alpha value is -5.36. The number of carbonyl (C=O) groups excluding carboxylic acids is 5. The number of nitrogens with one attached hydrogen (secondary N) is 1. The van der Waals surface area contributed by atoms with E-state index in [1.54, 1.807) is 36.4 Å². The number of piperidine rings is 1. The van der Waals surface area contributed by atoms with E-state index in [2.05, 4.69) is 17.3 Å². The van der Waals surface area contributed by atoms with E-state index in [0.717, 1.165) is 43.2 Å². The standard InChI is InChI=1S/C29H36N2O5.C9H11NO2.C7H5ClO/c1-31-23-16-17-24(31)27(25(19-23)36-29(34)22-13-7-3-8-14-22)28(33)30-18-10-4-9-15-26(32)35-20-21-11-5-2-6-12-21;10-6-9(11)12-7-8-4-2-1-3-5-8;8-7(9)6-4-2-1-3-5-6/h2-3,5-8,11-14,23-25,27H,4,9-10,15-20H2,1H3,(H,30,33);1-5H,6-7,10H2;1-5H/t23?,24?,25-,27+;;/m0../s1. The summed E-state index contributed by atoms with van der Waals surface area (Å²) < 4.78 is 16.0. The number of benzene rings is 4. The number of esters is 3. The van der Waals surface area contributed by atoms with Crippen molar-refractivity contribution in [3.8, 4) is 0 Å². The summed E-state index contributed by atoms with van der Waals surface area (Å²) in [6, 6.07) is 37.2. The van der Waals surface area contributed by atoms with Crippen molar-refractivity contribution < 1.29 is 38.2 Å². The molecule has 2 aliphatic heterocycles. The fraction of sp³-hybridized carbons (Fsp3) is 0.356. The van der Waals surface area contributed by atoms with Gasteiger partial charge in [-0.25, -0.2) is 4.79 Å². The molecule has 2 aliphatic rings. The van der Waals surface area contributed by atoms with Crippen LogP contribution in [-0.4, -0.2) is 72.3 Å². The summed E-state index contributed by atoms with van der Waals surface area (Å²) in [5.41, 5.74) is 8.05. The lowest BCUT2D eigenvalue weighted by atomic mass is 9.86. The Morgan fingerprint density at radius 2 is 1.23 bits per heavy atom. The van der Waals surface area contributed by atoms with E-state index in [9.17, 15) is 24.0 Å². The molecule has 0 aliphatic carbocycles. The molecule has 4 aromatic carbocycles. The molecule has 2 saturated heterocycles. The normalized spacial score (nSPS) is 18.0. The molecule has 3 N–H and O–H groups in total. The Morgan fingerprint density at radius 1 is 0.702 bits per heavy atom. The number of amides is 1. The number of hydrogen-bond acceptors (Lipinski definition) is 10. The van der Waals surface area contributed by atoms with E-state index in [0.29, 0.717) is 49.8 Å². The van der Waals surface area contributed by atoms with E-state index < -0.39 is 11.3 Å². The van der Waals surface area contributed by atoms with Crippen LogP contribution in [0.2, 0.25) is 0 Å². The third-order valence-electron chi connectivity index (χ3n) is 9.79. The molecule has 57 heavy (non-hydrogen) atoms. The van der Waals surface area contributed by atoms with Crippen LogP contribution in [0.5, 0.6) is 0 Å². The van der Waals surface area contributed by atoms with Crippen LogP contribution in [0.4, 0.5) is 0 Å². The molecular formula is C45H52ClN3O8. The van der Waals surface area contributed by atoms with Gasteiger partial charge in [-0.3, -0.25) is 24.1 Å². The first-order valence-electron chi connectivity index (χ1n) is 19.3. The van der Waals surface area contributed by atoms with Gasteiger partial charge in [0.25, 0.3) is 5.24 Å². The number of ether oxygens (including phenoxy) is 3. The number of rotatable bonds is 15. The summed E-state index contributed by atoms with van der Waals surface area (Å²) in [6.45, 7) is 1.07. The predicted octanol–water partition coefficient (Wildman–Crippen LogP) is 6.87. The summed E-state index contributed by atoms with van der Waals surface area (Å²) >= 11 is 5.16. The average molecular weight is 798 g/mol. The Kier molecular flexibility index (Phi) is 18.9. The molecule has 6 rings (SSSR count). The van der Waals surface area contributed by atoms with Gasteiger partial charge in [-0.2, -0.15) is 0 Å². The van der Waals surface area contributed by atoms with Crippen LogP contribution in [0.3, 0.4) is 0 Å². The van der Waals surface area contributed by atoms with Crippen molar-refractivity contribution in [2.75, 3.05) is 20.1 Å². The highest BCUT2D eigenvalue weighted by molar-refractivity contribution is 6.67. The van der Waals surface area contributed by atoms with E-state index in [1.807, 2.05) is 84.9 Å². The van der Waals surface area contributed by atoms with Crippen LogP contribution < -0.4 is 11.1 Å². The van der Waals surface area contributed by atoms with Crippen molar-refractivity contribution in [3.63, 3.8) is 0 Å². The molecule has 1 amide bonds. The van der Waals surface area contributed by atoms with Gasteiger partial charge < -0.3 is 25.3 Å². The second kappa shape index (κ2) is 24.3. The molecule has 11 nitrogen and oxygen atoms in total. The highest BCUT2D eigenvalue weighted by Gasteiger charge is 2.50. The van der Waals surface area contributed by atoms with Crippen molar-refractivity contribution in [1.82, 2.24) is 10.2 Å². The second-order valence-corrected chi connectivity index (χ2v) is 14.1. The molecular weight excluding hydrogens is 746 g/mol. The minimum absolute atomic E-state index is 0.0552. The van der Waals surface area contributed by atoms with Crippen molar-refractivity contribution in [2.45, 2.75) is 76.3 Å². The minimum atomic E-state index is -0.425. The Bertz CT molecular complexity index is 1830. The number of nitrogens with zero attached hydrogens (tertiary/aromatic N) is 1. The zero-order valence-corrected chi connectivity index (χ0v) is 33.1. The number of fused-ring (bicyclic) bond motifs is 2. The topological polar surface area (TPSA) is 154 Å². The lowest BCUT2D eigenvalue weighted by Crippen LogP contribution is -2.55. The lowest BCUT2D eigenvalue weighted by molar-refractivity contribution is -0.145. The van der Waals surface area contributed by atoms with Crippen molar-refractivity contribution in [1.29, 1.82) is 0 Å². The van der Waals surface area contributed by atoms with Crippen molar-refractivity contribution >= 4 is 40.7 Å². The fourth-order valence-electron chi connectivity index (χ4n) is 6.74. The first-order chi connectivity index (χ1) is 27.7. The molecule has 0 radical (unpaired) electrons. The maximum absolute atomic E-state index is 13.2. The van der Waals surface area contributed by atoms with Gasteiger partial charge in [-0.1, -0.05) is 116 Å². The summed E-state index contributed by atoms with van der Waals surface area (Å²) in [5, 5.41) is 2.65. The third kappa shape index (κ3) is 15.2. The number of halogens is 1. The number of nitrogens with two attached hydrogens (primary N) is 1. The summed E-state index contributed by atoms with van der Waals surface area (Å²) in [4.78, 5) is 61.2. The fourth-order valence-corrected chi connectivity index (χ4v) is 6.87. The first-order valence-corrected chi connectivity index (χ1v) is 19.6. The quantitative estimate of drug-likeness (QED) is 0.0564. The van der Waals surface area contributed by atoms with Crippen molar-refractivity contribution in [2.24, 2.45) is 11.7 Å². The maximum atomic E-state index is 13.2. The second-order valence-electron chi connectivity index (χ2n) is 13.8. The molecule has 4 atom stereocenters. The summed E-state index contributed by atoms with van der Waals surface area (Å²) in [5.74, 6) is -1.39. The van der Waals surface area contributed by atoms with Gasteiger partial charge in [0.15, 0.2) is 0 Å². The highest BCUT2D eigenvalue weighted by atomic mass is 35.5. The zero-order chi connectivity index (χ0) is 40.8. The van der Waals surface area contributed by atoms with Gasteiger partial charge in [-0.05, 0) is 67.6 Å². The average Bonchev–Trinajstić information content (AvgIpc) is 3.48. The molecule has 2 unspecified atom stereocenters. The molecule has 0 saturated carbocycles. The summed E-state index contributed by atoms with van der Waals surface area (Å²) in [6.07, 6.45) is 4.90. The Labute approximate surface area is 339 Å². The van der Waals surface area contributed by atoms with Crippen LogP contribution >= 0.6 is 11.6 Å². The van der Waals surface area contributed by atoms with Crippen LogP contribution in [0, 0.1) is 5.92 Å². The predicted molar refractivity (Wildman–Crippen MR) is 218 cm³/mol. The van der Waals surface area contributed by atoms with Gasteiger partial charge in [-0.15, -0.1) is 0 Å². The molecule has 2 heterocycles. The zero-order valence-electron chi connectivity index (χ0n) is 32.3. The van der Waals surface area contributed by atoms with E-state index >= 15 is 0 Å². The number of unbranched alkanes of at least 4 members (excludes halogenated alkanes) is 2. The molecule has 2 bridgehead atoms. The van der Waals surface area contributed by atoms with Gasteiger partial charge in [0, 0.05) is 37.0 Å². The van der Waals surface area contributed by atoms with Crippen LogP contribution in [0.1, 0.15) is 76.8 Å². The lowest BCUT2D eigenvalue weighted by Gasteiger charge is -2.41. The molecule has 2 fully saturated rings. The van der Waals surface area contributed by atoms with Crippen molar-refractivity contribution in [3.05, 3.63) is 144 Å². The molecule has 0 aromatic heterocycles. The van der Waals surface area contributed by atoms with E-state index in [4.69, 9.17) is 31.5 Å². The SMILES string of the molecule is CN1C2CCC1[C@@H](C(=O)NCCCCCC(=O)OCc1ccccc1)[C@@H](OC(=O)c1ccccc1)C2.NCC(=O)OCc1ccccc1.O=C(Cl)c1ccccc1. The minimum Gasteiger partial charge on any atom is -0.461 e. The molecule has 302 valence electrons. The van der Waals surface area contributed by atoms with Crippen LogP contribution in [0.15, 0.2) is 121 Å². The van der Waals surface area contributed by atoms with Gasteiger partial charge in [0.2, 0.25) is 5.91 Å². The largest absolute Gasteiger partial charge is 0.461 e. The Balaban J connectivity index is 0.000000277. The third-order valence-corrected chi connectivity index (χ3v) is 10.0. The van der Waals surface area contributed by atoms with Gasteiger partial charge in [0.05, 0.1) is 18.0 Å². The molecule has 0 spiro atoms. The van der Waals surface area contributed by atoms with E-state index in [1.165, 1.54) is 0 Å². The highest BCUT2D eigenvalue weighted by Crippen LogP contribution is 2.40. The van der Waals surface area contributed by atoms with Gasteiger partial charge in [0.1, 0.15) is 19.3 Å². The van der Waals surface area contributed by atoms with E-state index in [-0.39, 0.29) is 42.3 Å². The van der Waals surface area contributed by atoms with Crippen LogP contribution in [-0.2, 0) is 41.8 Å². The van der Waals surface area contributed by atoms with Gasteiger partial charge >= 0.3 is 17.9 Å². The maximum Gasteiger partial charge on any atom is 0.338 e. The Morgan fingerprint density at radius 3 is 1.75 bits per heavy atom. The molecule has 12 heteroatoms. The number of carbonyl (C=O) groups is 5. The van der Waals surface area contributed by atoms with Crippen LogP contribution in [0.25, 0.3) is 0 Å². The smallest absolute Gasteiger partial charge is 0.338 e. The number of hydrogen-bond donors (Lipinski definition) is 2. The first kappa shape index (κ1) is 44.4. The summed E-state index contributed by atoms with van der Waals surface area (Å²) in [7, 11) is 2.06.